The number of nitrogens with one attached hydrogen (secondary N) is 1. The van der Waals surface area contributed by atoms with E-state index in [-0.39, 0.29) is 0 Å². The Labute approximate surface area is 82.8 Å². The van der Waals surface area contributed by atoms with E-state index in [1.165, 1.54) is 0 Å². The van der Waals surface area contributed by atoms with Crippen molar-refractivity contribution in [2.75, 3.05) is 0 Å². The molecule has 0 aliphatic rings. The summed E-state index contributed by atoms with van der Waals surface area (Å²) in [6, 6.07) is 5.77. The summed E-state index contributed by atoms with van der Waals surface area (Å²) in [6.07, 6.45) is 0. The second kappa shape index (κ2) is 2.82. The zero-order valence-corrected chi connectivity index (χ0v) is 8.63. The number of aliphatic hydroxyl groups is 1. The van der Waals surface area contributed by atoms with Gasteiger partial charge in [-0.15, -0.1) is 0 Å². The van der Waals surface area contributed by atoms with Crippen molar-refractivity contribution in [3.05, 3.63) is 29.6 Å². The first-order chi connectivity index (χ1) is 6.47. The minimum atomic E-state index is -0.798. The number of imidazole rings is 1. The van der Waals surface area contributed by atoms with Gasteiger partial charge in [0, 0.05) is 0 Å². The third-order valence-corrected chi connectivity index (χ3v) is 2.31. The van der Waals surface area contributed by atoms with Crippen LogP contribution in [-0.4, -0.2) is 15.1 Å². The van der Waals surface area contributed by atoms with Crippen molar-refractivity contribution in [3.8, 4) is 0 Å². The molecule has 0 saturated heterocycles. The Morgan fingerprint density at radius 3 is 2.71 bits per heavy atom. The van der Waals surface area contributed by atoms with Crippen LogP contribution in [0.2, 0.25) is 0 Å². The molecule has 0 radical (unpaired) electrons. The molecule has 3 heteroatoms. The van der Waals surface area contributed by atoms with E-state index in [0.717, 1.165) is 22.4 Å². The van der Waals surface area contributed by atoms with Gasteiger partial charge in [-0.1, -0.05) is 6.07 Å². The third-order valence-electron chi connectivity index (χ3n) is 2.31. The first-order valence-corrected chi connectivity index (χ1v) is 4.66. The zero-order valence-electron chi connectivity index (χ0n) is 8.63. The molecule has 0 saturated carbocycles. The van der Waals surface area contributed by atoms with Gasteiger partial charge in [0.25, 0.3) is 0 Å². The molecule has 0 aliphatic heterocycles. The Kier molecular flexibility index (Phi) is 1.86. The molecule has 2 rings (SSSR count). The maximum atomic E-state index is 9.82. The van der Waals surface area contributed by atoms with Gasteiger partial charge in [0.05, 0.1) is 16.6 Å². The Balaban J connectivity index is 2.62. The number of hydrogen-bond donors (Lipinski definition) is 2. The molecule has 2 N–H and O–H groups in total. The van der Waals surface area contributed by atoms with Crippen LogP contribution in [0.4, 0.5) is 0 Å². The molecular weight excluding hydrogens is 176 g/mol. The van der Waals surface area contributed by atoms with E-state index in [4.69, 9.17) is 0 Å². The predicted octanol–water partition coefficient (Wildman–Crippen LogP) is 2.10. The number of aryl methyl sites for hydroxylation is 1. The van der Waals surface area contributed by atoms with Gasteiger partial charge in [-0.25, -0.2) is 4.98 Å². The summed E-state index contributed by atoms with van der Waals surface area (Å²) in [4.78, 5) is 7.45. The second-order valence-corrected chi connectivity index (χ2v) is 4.11. The number of fused-ring (bicyclic) bond motifs is 1. The van der Waals surface area contributed by atoms with E-state index in [0.29, 0.717) is 0 Å². The lowest BCUT2D eigenvalue weighted by Crippen LogP contribution is -2.14. The molecule has 0 aliphatic carbocycles. The van der Waals surface area contributed by atoms with Gasteiger partial charge < -0.3 is 10.1 Å². The fourth-order valence-electron chi connectivity index (χ4n) is 1.52. The van der Waals surface area contributed by atoms with Crippen LogP contribution in [0.25, 0.3) is 11.0 Å². The van der Waals surface area contributed by atoms with E-state index >= 15 is 0 Å². The molecule has 74 valence electrons. The van der Waals surface area contributed by atoms with Gasteiger partial charge in [0.15, 0.2) is 0 Å². The number of nitrogens with zero attached hydrogens (tertiary/aromatic N) is 1. The van der Waals surface area contributed by atoms with E-state index in [9.17, 15) is 5.11 Å². The van der Waals surface area contributed by atoms with Crippen LogP contribution in [0.5, 0.6) is 0 Å². The number of aromatic nitrogens is 2. The Morgan fingerprint density at radius 1 is 1.36 bits per heavy atom. The minimum absolute atomic E-state index is 0.798. The van der Waals surface area contributed by atoms with Gasteiger partial charge >= 0.3 is 0 Å². The smallest absolute Gasteiger partial charge is 0.104 e. The average molecular weight is 190 g/mol. The standard InChI is InChI=1S/C11H14N2O/c1-7-12-9-5-4-8(11(2,3)14)6-10(9)13-7/h4-6,14H,1-3H3,(H,12,13). The number of hydrogen-bond acceptors (Lipinski definition) is 2. The van der Waals surface area contributed by atoms with Crippen LogP contribution >= 0.6 is 0 Å². The van der Waals surface area contributed by atoms with Crippen molar-refractivity contribution >= 4 is 11.0 Å². The molecule has 0 fully saturated rings. The molecule has 0 bridgehead atoms. The topological polar surface area (TPSA) is 48.9 Å². The van der Waals surface area contributed by atoms with Crippen LogP contribution in [-0.2, 0) is 5.60 Å². The summed E-state index contributed by atoms with van der Waals surface area (Å²) in [6.45, 7) is 5.47. The predicted molar refractivity (Wildman–Crippen MR) is 56.1 cm³/mol. The molecule has 0 atom stereocenters. The largest absolute Gasteiger partial charge is 0.386 e. The molecule has 3 nitrogen and oxygen atoms in total. The molecule has 1 heterocycles. The lowest BCUT2D eigenvalue weighted by molar-refractivity contribution is 0.0787. The highest BCUT2D eigenvalue weighted by atomic mass is 16.3. The summed E-state index contributed by atoms with van der Waals surface area (Å²) in [5.41, 5.74) is 2.01. The molecule has 1 aromatic heterocycles. The number of aromatic amines is 1. The SMILES string of the molecule is Cc1nc2ccc(C(C)(C)O)cc2[nH]1. The molecule has 0 spiro atoms. The summed E-state index contributed by atoms with van der Waals surface area (Å²) < 4.78 is 0. The summed E-state index contributed by atoms with van der Waals surface area (Å²) in [5, 5.41) is 9.82. The van der Waals surface area contributed by atoms with Crippen molar-refractivity contribution in [3.63, 3.8) is 0 Å². The van der Waals surface area contributed by atoms with Crippen LogP contribution in [0.15, 0.2) is 18.2 Å². The fourth-order valence-corrected chi connectivity index (χ4v) is 1.52. The highest BCUT2D eigenvalue weighted by Gasteiger charge is 2.16. The number of H-pyrrole nitrogens is 1. The number of benzene rings is 1. The van der Waals surface area contributed by atoms with Crippen LogP contribution in [0, 0.1) is 6.92 Å². The fraction of sp³-hybridized carbons (Fsp3) is 0.364. The first kappa shape index (κ1) is 9.21. The van der Waals surface area contributed by atoms with Crippen LogP contribution in [0.3, 0.4) is 0 Å². The zero-order chi connectivity index (χ0) is 10.3. The molecule has 1 aromatic carbocycles. The minimum Gasteiger partial charge on any atom is -0.386 e. The van der Waals surface area contributed by atoms with Crippen LogP contribution in [0.1, 0.15) is 25.2 Å². The molecular formula is C11H14N2O. The summed E-state index contributed by atoms with van der Waals surface area (Å²) >= 11 is 0. The Bertz CT molecular complexity index is 466. The molecule has 2 aromatic rings. The monoisotopic (exact) mass is 190 g/mol. The molecule has 0 amide bonds. The normalized spacial score (nSPS) is 12.3. The van der Waals surface area contributed by atoms with E-state index in [1.54, 1.807) is 13.8 Å². The molecule has 14 heavy (non-hydrogen) atoms. The quantitative estimate of drug-likeness (QED) is 0.723. The maximum absolute atomic E-state index is 9.82. The molecule has 0 unspecified atom stereocenters. The van der Waals surface area contributed by atoms with Gasteiger partial charge in [-0.05, 0) is 38.5 Å². The van der Waals surface area contributed by atoms with E-state index in [1.807, 2.05) is 25.1 Å². The highest BCUT2D eigenvalue weighted by molar-refractivity contribution is 5.76. The van der Waals surface area contributed by atoms with Crippen molar-refractivity contribution in [1.29, 1.82) is 0 Å². The Morgan fingerprint density at radius 2 is 2.07 bits per heavy atom. The third kappa shape index (κ3) is 1.51. The van der Waals surface area contributed by atoms with E-state index in [2.05, 4.69) is 9.97 Å². The summed E-state index contributed by atoms with van der Waals surface area (Å²) in [5.74, 6) is 0.896. The van der Waals surface area contributed by atoms with Crippen LogP contribution < -0.4 is 0 Å². The second-order valence-electron chi connectivity index (χ2n) is 4.11. The van der Waals surface area contributed by atoms with Gasteiger partial charge in [0.2, 0.25) is 0 Å². The van der Waals surface area contributed by atoms with Gasteiger partial charge in [-0.2, -0.15) is 0 Å². The lowest BCUT2D eigenvalue weighted by atomic mass is 9.98. The van der Waals surface area contributed by atoms with Gasteiger partial charge in [0.1, 0.15) is 5.82 Å². The number of rotatable bonds is 1. The van der Waals surface area contributed by atoms with Crippen molar-refractivity contribution in [1.82, 2.24) is 9.97 Å². The van der Waals surface area contributed by atoms with E-state index < -0.39 is 5.60 Å². The highest BCUT2D eigenvalue weighted by Crippen LogP contribution is 2.22. The maximum Gasteiger partial charge on any atom is 0.104 e. The van der Waals surface area contributed by atoms with Gasteiger partial charge in [-0.3, -0.25) is 0 Å². The lowest BCUT2D eigenvalue weighted by Gasteiger charge is -2.17. The van der Waals surface area contributed by atoms with Crippen molar-refractivity contribution in [2.45, 2.75) is 26.4 Å². The first-order valence-electron chi connectivity index (χ1n) is 4.66. The van der Waals surface area contributed by atoms with Crippen molar-refractivity contribution < 1.29 is 5.11 Å². The average Bonchev–Trinajstić information content (AvgIpc) is 2.41. The Hall–Kier alpha value is -1.35. The summed E-state index contributed by atoms with van der Waals surface area (Å²) in [7, 11) is 0. The van der Waals surface area contributed by atoms with Crippen molar-refractivity contribution in [2.24, 2.45) is 0 Å².